The van der Waals surface area contributed by atoms with E-state index < -0.39 is 5.97 Å². The number of benzene rings is 4. The molecule has 0 bridgehead atoms. The second kappa shape index (κ2) is 10.3. The van der Waals surface area contributed by atoms with Crippen LogP contribution in [0.2, 0.25) is 0 Å². The Morgan fingerprint density at radius 2 is 1.31 bits per heavy atom. The summed E-state index contributed by atoms with van der Waals surface area (Å²) in [5.74, 6) is -1.00. The summed E-state index contributed by atoms with van der Waals surface area (Å²) in [6.07, 6.45) is 8.48. The Bertz CT molecular complexity index is 1450. The lowest BCUT2D eigenvalue weighted by molar-refractivity contribution is -0.130. The number of hydrogen-bond donors (Lipinski definition) is 1. The monoisotopic (exact) mass is 469 g/mol. The summed E-state index contributed by atoms with van der Waals surface area (Å²) in [6, 6.07) is 35.0. The van der Waals surface area contributed by atoms with Crippen LogP contribution in [-0.2, 0) is 11.2 Å². The van der Waals surface area contributed by atoms with Crippen molar-refractivity contribution < 1.29 is 9.90 Å². The van der Waals surface area contributed by atoms with Crippen molar-refractivity contribution in [1.82, 2.24) is 0 Å². The minimum Gasteiger partial charge on any atom is -0.478 e. The number of fused-ring (bicyclic) bond motifs is 1. The highest BCUT2D eigenvalue weighted by Crippen LogP contribution is 2.35. The molecule has 0 radical (unpaired) electrons. The minimum absolute atomic E-state index is 0.0974. The zero-order chi connectivity index (χ0) is 24.9. The molecule has 1 aliphatic carbocycles. The summed E-state index contributed by atoms with van der Waals surface area (Å²) in [5.41, 5.74) is 9.14. The van der Waals surface area contributed by atoms with Gasteiger partial charge in [-0.25, -0.2) is 4.79 Å². The Morgan fingerprint density at radius 1 is 0.722 bits per heavy atom. The number of allylic oxidation sites excluding steroid dienone is 1. The molecular formula is C33H27NO2. The average Bonchev–Trinajstić information content (AvgIpc) is 3.34. The van der Waals surface area contributed by atoms with Crippen LogP contribution in [0.3, 0.4) is 0 Å². The van der Waals surface area contributed by atoms with Gasteiger partial charge in [-0.2, -0.15) is 0 Å². The molecule has 0 saturated carbocycles. The van der Waals surface area contributed by atoms with Gasteiger partial charge >= 0.3 is 5.97 Å². The van der Waals surface area contributed by atoms with Gasteiger partial charge in [0.05, 0.1) is 5.57 Å². The van der Waals surface area contributed by atoms with Crippen molar-refractivity contribution >= 4 is 40.6 Å². The van der Waals surface area contributed by atoms with E-state index in [4.69, 9.17) is 5.11 Å². The molecule has 0 saturated heterocycles. The number of carboxylic acids is 1. The van der Waals surface area contributed by atoms with Crippen molar-refractivity contribution in [1.29, 1.82) is 0 Å². The third-order valence-corrected chi connectivity index (χ3v) is 6.50. The van der Waals surface area contributed by atoms with Gasteiger partial charge < -0.3 is 10.0 Å². The van der Waals surface area contributed by atoms with E-state index >= 15 is 0 Å². The van der Waals surface area contributed by atoms with Crippen molar-refractivity contribution in [3.63, 3.8) is 0 Å². The molecule has 176 valence electrons. The number of anilines is 2. The van der Waals surface area contributed by atoms with Crippen LogP contribution in [0.1, 0.15) is 34.2 Å². The molecule has 0 heterocycles. The van der Waals surface area contributed by atoms with Crippen LogP contribution >= 0.6 is 0 Å². The molecule has 0 aliphatic heterocycles. The zero-order valence-electron chi connectivity index (χ0n) is 20.0. The molecule has 0 unspecified atom stereocenters. The van der Waals surface area contributed by atoms with Gasteiger partial charge in [0.25, 0.3) is 0 Å². The molecule has 4 aromatic rings. The topological polar surface area (TPSA) is 40.5 Å². The number of rotatable bonds is 7. The lowest BCUT2D eigenvalue weighted by Gasteiger charge is -2.22. The van der Waals surface area contributed by atoms with Crippen molar-refractivity contribution in [3.05, 3.63) is 144 Å². The molecule has 1 aliphatic rings. The van der Waals surface area contributed by atoms with Crippen LogP contribution < -0.4 is 4.90 Å². The average molecular weight is 470 g/mol. The van der Waals surface area contributed by atoms with Crippen molar-refractivity contribution in [2.24, 2.45) is 0 Å². The molecule has 3 heteroatoms. The van der Waals surface area contributed by atoms with E-state index in [1.54, 1.807) is 12.1 Å². The number of aliphatic carboxylic acids is 1. The van der Waals surface area contributed by atoms with Gasteiger partial charge in [-0.1, -0.05) is 97.6 Å². The maximum Gasteiger partial charge on any atom is 0.335 e. The van der Waals surface area contributed by atoms with Gasteiger partial charge in [0.15, 0.2) is 0 Å². The molecular weight excluding hydrogens is 442 g/mol. The van der Waals surface area contributed by atoms with Crippen LogP contribution in [-0.4, -0.2) is 11.1 Å². The molecule has 1 N–H and O–H groups in total. The number of nitrogens with zero attached hydrogens (tertiary/aromatic N) is 1. The van der Waals surface area contributed by atoms with Crippen molar-refractivity contribution in [3.8, 4) is 0 Å². The van der Waals surface area contributed by atoms with Crippen LogP contribution in [0, 0.1) is 0 Å². The molecule has 5 rings (SSSR count). The number of carboxylic acid groups (broad SMARTS) is 1. The fourth-order valence-corrected chi connectivity index (χ4v) is 4.49. The predicted octanol–water partition coefficient (Wildman–Crippen LogP) is 8.08. The predicted molar refractivity (Wildman–Crippen MR) is 150 cm³/mol. The van der Waals surface area contributed by atoms with Gasteiger partial charge in [0.2, 0.25) is 0 Å². The van der Waals surface area contributed by atoms with E-state index in [-0.39, 0.29) is 5.57 Å². The zero-order valence-corrected chi connectivity index (χ0v) is 20.0. The fourth-order valence-electron chi connectivity index (χ4n) is 4.49. The van der Waals surface area contributed by atoms with Gasteiger partial charge in [0.1, 0.15) is 0 Å². The van der Waals surface area contributed by atoms with Crippen LogP contribution in [0.25, 0.3) is 23.3 Å². The highest BCUT2D eigenvalue weighted by atomic mass is 16.4. The first-order valence-corrected chi connectivity index (χ1v) is 12.0. The number of carbonyl (C=O) groups is 1. The third kappa shape index (κ3) is 5.06. The number of hydrogen-bond acceptors (Lipinski definition) is 2. The second-order valence-corrected chi connectivity index (χ2v) is 8.85. The first-order valence-electron chi connectivity index (χ1n) is 12.0. The van der Waals surface area contributed by atoms with Gasteiger partial charge in [0, 0.05) is 17.6 Å². The summed E-state index contributed by atoms with van der Waals surface area (Å²) in [5, 5.41) is 9.09. The summed E-state index contributed by atoms with van der Waals surface area (Å²) < 4.78 is 0. The summed E-state index contributed by atoms with van der Waals surface area (Å²) in [6.45, 7) is 3.61. The highest BCUT2D eigenvalue weighted by Gasteiger charge is 2.17. The quantitative estimate of drug-likeness (QED) is 0.220. The maximum atomic E-state index is 11.1. The molecule has 36 heavy (non-hydrogen) atoms. The normalized spacial score (nSPS) is 13.6. The largest absolute Gasteiger partial charge is 0.478 e. The number of aryl methyl sites for hydroxylation is 1. The lowest BCUT2D eigenvalue weighted by Crippen LogP contribution is -2.09. The summed E-state index contributed by atoms with van der Waals surface area (Å²) >= 11 is 0. The molecule has 0 atom stereocenters. The standard InChI is InChI=1S/C33H27NO2/c1-24(33(35)36)27-17-13-25(14-18-27)11-12-26-15-21-31(22-16-26)34(30-8-3-2-4-9-30)23-29-20-19-28-7-5-6-10-32(28)29/h2-18,21-23H,1,19-20H2,(H,35,36)/b12-11?,29-23-. The first kappa shape index (κ1) is 23.1. The SMILES string of the molecule is C=C(C(=O)O)c1ccc(C=Cc2ccc(N(/C=C3/CCc4ccccc43)c3ccccc3)cc2)cc1. The fraction of sp³-hybridized carbons (Fsp3) is 0.0606. The summed E-state index contributed by atoms with van der Waals surface area (Å²) in [7, 11) is 0. The van der Waals surface area contributed by atoms with E-state index in [1.165, 1.54) is 16.7 Å². The van der Waals surface area contributed by atoms with E-state index in [1.807, 2.05) is 24.3 Å². The van der Waals surface area contributed by atoms with E-state index in [9.17, 15) is 4.79 Å². The third-order valence-electron chi connectivity index (χ3n) is 6.50. The van der Waals surface area contributed by atoms with E-state index in [0.29, 0.717) is 5.56 Å². The molecule has 4 aromatic carbocycles. The van der Waals surface area contributed by atoms with E-state index in [2.05, 4.69) is 96.6 Å². The van der Waals surface area contributed by atoms with E-state index in [0.717, 1.165) is 35.3 Å². The molecule has 3 nitrogen and oxygen atoms in total. The minimum atomic E-state index is -1.00. The van der Waals surface area contributed by atoms with Crippen LogP contribution in [0.15, 0.2) is 116 Å². The Labute approximate surface area is 212 Å². The molecule has 0 amide bonds. The Balaban J connectivity index is 1.39. The second-order valence-electron chi connectivity index (χ2n) is 8.85. The lowest BCUT2D eigenvalue weighted by atomic mass is 10.0. The highest BCUT2D eigenvalue weighted by molar-refractivity contribution is 6.14. The maximum absolute atomic E-state index is 11.1. The smallest absolute Gasteiger partial charge is 0.335 e. The molecule has 0 fully saturated rings. The van der Waals surface area contributed by atoms with Gasteiger partial charge in [-0.3, -0.25) is 0 Å². The molecule has 0 aromatic heterocycles. The van der Waals surface area contributed by atoms with Crippen LogP contribution in [0.5, 0.6) is 0 Å². The van der Waals surface area contributed by atoms with Gasteiger partial charge in [-0.05, 0) is 70.5 Å². The van der Waals surface area contributed by atoms with Gasteiger partial charge in [-0.15, -0.1) is 0 Å². The van der Waals surface area contributed by atoms with Crippen molar-refractivity contribution in [2.75, 3.05) is 4.90 Å². The molecule has 0 spiro atoms. The Morgan fingerprint density at radius 3 is 1.97 bits per heavy atom. The Hall–Kier alpha value is -4.63. The number of para-hydroxylation sites is 1. The summed E-state index contributed by atoms with van der Waals surface area (Å²) in [4.78, 5) is 13.4. The van der Waals surface area contributed by atoms with Crippen molar-refractivity contribution in [2.45, 2.75) is 12.8 Å². The van der Waals surface area contributed by atoms with Crippen LogP contribution in [0.4, 0.5) is 11.4 Å². The Kier molecular flexibility index (Phi) is 6.63. The first-order chi connectivity index (χ1) is 17.6.